The first kappa shape index (κ1) is 24.1. The minimum Gasteiger partial charge on any atom is -0.481 e. The Labute approximate surface area is 187 Å². The molecule has 1 aliphatic carbocycles. The van der Waals surface area contributed by atoms with E-state index in [0.29, 0.717) is 0 Å². The van der Waals surface area contributed by atoms with Crippen LogP contribution < -0.4 is 10.6 Å². The van der Waals surface area contributed by atoms with Crippen molar-refractivity contribution in [1.29, 1.82) is 0 Å². The lowest BCUT2D eigenvalue weighted by molar-refractivity contribution is -0.164. The number of hydrogen-bond donors (Lipinski definition) is 3. The molecule has 0 bridgehead atoms. The summed E-state index contributed by atoms with van der Waals surface area (Å²) in [7, 11) is 0. The van der Waals surface area contributed by atoms with Crippen molar-refractivity contribution in [3.05, 3.63) is 59.7 Å². The lowest BCUT2D eigenvalue weighted by atomic mass is 9.98. The topological polar surface area (TPSA) is 105 Å². The SMILES string of the molecule is O=C(O)CC[C@H](NC(=O)CCNC(=O)OCC1c2ccccc2-c2ccccc21)C(F)(F)F. The van der Waals surface area contributed by atoms with Crippen LogP contribution in [0.25, 0.3) is 11.1 Å². The lowest BCUT2D eigenvalue weighted by Gasteiger charge is -2.21. The van der Waals surface area contributed by atoms with E-state index in [-0.39, 0.29) is 19.1 Å². The quantitative estimate of drug-likeness (QED) is 0.523. The number of halogens is 3. The number of carbonyl (C=O) groups is 3. The fourth-order valence-corrected chi connectivity index (χ4v) is 3.78. The Kier molecular flexibility index (Phi) is 7.57. The van der Waals surface area contributed by atoms with Gasteiger partial charge in [0.05, 0.1) is 0 Å². The van der Waals surface area contributed by atoms with Gasteiger partial charge in [0.2, 0.25) is 5.91 Å². The molecule has 0 saturated carbocycles. The van der Waals surface area contributed by atoms with Crippen LogP contribution in [0.2, 0.25) is 0 Å². The van der Waals surface area contributed by atoms with Crippen LogP contribution >= 0.6 is 0 Å². The van der Waals surface area contributed by atoms with Crippen molar-refractivity contribution in [2.24, 2.45) is 0 Å². The fraction of sp³-hybridized carbons (Fsp3) is 0.348. The number of carboxylic acid groups (broad SMARTS) is 1. The van der Waals surface area contributed by atoms with E-state index in [1.807, 2.05) is 48.5 Å². The molecule has 3 N–H and O–H groups in total. The molecule has 3 rings (SSSR count). The Balaban J connectivity index is 1.46. The summed E-state index contributed by atoms with van der Waals surface area (Å²) in [5.41, 5.74) is 4.21. The van der Waals surface area contributed by atoms with Gasteiger partial charge in [0.1, 0.15) is 12.6 Å². The number of ether oxygens (including phenoxy) is 1. The first-order valence-corrected chi connectivity index (χ1v) is 10.3. The molecule has 1 aliphatic rings. The molecule has 176 valence electrons. The average molecular weight is 464 g/mol. The largest absolute Gasteiger partial charge is 0.481 e. The van der Waals surface area contributed by atoms with Gasteiger partial charge in [0.15, 0.2) is 0 Å². The number of rotatable bonds is 9. The number of hydrogen-bond acceptors (Lipinski definition) is 4. The first-order valence-electron chi connectivity index (χ1n) is 10.3. The third-order valence-corrected chi connectivity index (χ3v) is 5.34. The Bertz CT molecular complexity index is 980. The van der Waals surface area contributed by atoms with Gasteiger partial charge in [-0.3, -0.25) is 9.59 Å². The lowest BCUT2D eigenvalue weighted by Crippen LogP contribution is -2.46. The van der Waals surface area contributed by atoms with Crippen molar-refractivity contribution < 1.29 is 37.4 Å². The Morgan fingerprint density at radius 3 is 2.09 bits per heavy atom. The van der Waals surface area contributed by atoms with Gasteiger partial charge < -0.3 is 20.5 Å². The van der Waals surface area contributed by atoms with E-state index < -0.39 is 49.5 Å². The molecule has 0 aliphatic heterocycles. The maximum Gasteiger partial charge on any atom is 0.408 e. The molecule has 10 heteroatoms. The van der Waals surface area contributed by atoms with Crippen molar-refractivity contribution in [2.45, 2.75) is 37.4 Å². The van der Waals surface area contributed by atoms with Crippen molar-refractivity contribution in [3.63, 3.8) is 0 Å². The van der Waals surface area contributed by atoms with E-state index in [4.69, 9.17) is 9.84 Å². The van der Waals surface area contributed by atoms with Crippen LogP contribution in [0, 0.1) is 0 Å². The number of amides is 2. The molecule has 7 nitrogen and oxygen atoms in total. The van der Waals surface area contributed by atoms with Crippen LogP contribution in [0.3, 0.4) is 0 Å². The molecule has 0 radical (unpaired) electrons. The molecule has 0 fully saturated rings. The monoisotopic (exact) mass is 464 g/mol. The first-order chi connectivity index (χ1) is 15.7. The van der Waals surface area contributed by atoms with Gasteiger partial charge in [-0.1, -0.05) is 48.5 Å². The van der Waals surface area contributed by atoms with Gasteiger partial charge in [-0.15, -0.1) is 0 Å². The van der Waals surface area contributed by atoms with Crippen LogP contribution in [-0.2, 0) is 14.3 Å². The summed E-state index contributed by atoms with van der Waals surface area (Å²) in [5.74, 6) is -2.50. The normalized spacial score (nSPS) is 13.5. The predicted molar refractivity (Wildman–Crippen MR) is 113 cm³/mol. The highest BCUT2D eigenvalue weighted by molar-refractivity contribution is 5.79. The zero-order valence-corrected chi connectivity index (χ0v) is 17.5. The molecule has 0 aromatic heterocycles. The third kappa shape index (κ3) is 6.24. The fourth-order valence-electron chi connectivity index (χ4n) is 3.78. The molecule has 2 amide bonds. The summed E-state index contributed by atoms with van der Waals surface area (Å²) in [6.45, 7) is -0.163. The minimum atomic E-state index is -4.77. The molecule has 0 spiro atoms. The number of alkyl halides is 3. The standard InChI is InChI=1S/C23H23F3N2O5/c24-23(25,26)19(9-10-21(30)31)28-20(29)11-12-27-22(32)33-13-18-16-7-3-1-5-14(16)15-6-2-4-8-17(15)18/h1-8,18-19H,9-13H2,(H,27,32)(H,28,29)(H,30,31)/t19-/m0/s1. The molecular formula is C23H23F3N2O5. The maximum atomic E-state index is 12.9. The molecular weight excluding hydrogens is 441 g/mol. The predicted octanol–water partition coefficient (Wildman–Crippen LogP) is 3.83. The summed E-state index contributed by atoms with van der Waals surface area (Å²) < 4.78 is 44.1. The molecule has 2 aromatic rings. The van der Waals surface area contributed by atoms with Crippen molar-refractivity contribution in [3.8, 4) is 11.1 Å². The number of aliphatic carboxylic acids is 1. The van der Waals surface area contributed by atoms with Crippen LogP contribution in [0.1, 0.15) is 36.3 Å². The minimum absolute atomic E-state index is 0.0669. The van der Waals surface area contributed by atoms with Gasteiger partial charge in [-0.2, -0.15) is 13.2 Å². The second kappa shape index (κ2) is 10.4. The summed E-state index contributed by atoms with van der Waals surface area (Å²) >= 11 is 0. The second-order valence-corrected chi connectivity index (χ2v) is 7.60. The molecule has 1 atom stereocenters. The van der Waals surface area contributed by atoms with E-state index in [0.717, 1.165) is 22.3 Å². The smallest absolute Gasteiger partial charge is 0.408 e. The van der Waals surface area contributed by atoms with Crippen molar-refractivity contribution in [1.82, 2.24) is 10.6 Å². The van der Waals surface area contributed by atoms with Crippen LogP contribution in [-0.4, -0.2) is 48.4 Å². The van der Waals surface area contributed by atoms with Crippen molar-refractivity contribution >= 4 is 18.0 Å². The van der Waals surface area contributed by atoms with Gasteiger partial charge in [-0.25, -0.2) is 4.79 Å². The van der Waals surface area contributed by atoms with E-state index in [2.05, 4.69) is 5.32 Å². The van der Waals surface area contributed by atoms with Gasteiger partial charge >= 0.3 is 18.2 Å². The number of benzene rings is 2. The zero-order chi connectivity index (χ0) is 24.0. The van der Waals surface area contributed by atoms with Gasteiger partial charge in [-0.05, 0) is 28.7 Å². The number of carbonyl (C=O) groups excluding carboxylic acids is 2. The number of alkyl carbamates (subject to hydrolysis) is 1. The van der Waals surface area contributed by atoms with E-state index in [1.165, 1.54) is 0 Å². The highest BCUT2D eigenvalue weighted by Gasteiger charge is 2.40. The number of carboxylic acids is 1. The molecule has 0 heterocycles. The van der Waals surface area contributed by atoms with E-state index in [9.17, 15) is 27.6 Å². The van der Waals surface area contributed by atoms with Gasteiger partial charge in [0, 0.05) is 25.3 Å². The number of nitrogens with one attached hydrogen (secondary N) is 2. The Morgan fingerprint density at radius 2 is 1.55 bits per heavy atom. The van der Waals surface area contributed by atoms with Crippen LogP contribution in [0.5, 0.6) is 0 Å². The molecule has 0 saturated heterocycles. The maximum absolute atomic E-state index is 12.9. The summed E-state index contributed by atoms with van der Waals surface area (Å²) in [5, 5.41) is 12.7. The van der Waals surface area contributed by atoms with Crippen LogP contribution in [0.15, 0.2) is 48.5 Å². The molecule has 2 aromatic carbocycles. The summed E-state index contributed by atoms with van der Waals surface area (Å²) in [6, 6.07) is 13.3. The highest BCUT2D eigenvalue weighted by Crippen LogP contribution is 2.44. The Morgan fingerprint density at radius 1 is 0.970 bits per heavy atom. The summed E-state index contributed by atoms with van der Waals surface area (Å²) in [6.07, 6.45) is -7.48. The second-order valence-electron chi connectivity index (χ2n) is 7.60. The van der Waals surface area contributed by atoms with Gasteiger partial charge in [0.25, 0.3) is 0 Å². The van der Waals surface area contributed by atoms with E-state index in [1.54, 1.807) is 5.32 Å². The van der Waals surface area contributed by atoms with Crippen LogP contribution in [0.4, 0.5) is 18.0 Å². The van der Waals surface area contributed by atoms with E-state index >= 15 is 0 Å². The summed E-state index contributed by atoms with van der Waals surface area (Å²) in [4.78, 5) is 34.4. The Hall–Kier alpha value is -3.56. The third-order valence-electron chi connectivity index (χ3n) is 5.34. The molecule has 33 heavy (non-hydrogen) atoms. The molecule has 0 unspecified atom stereocenters. The number of fused-ring (bicyclic) bond motifs is 3. The highest BCUT2D eigenvalue weighted by atomic mass is 19.4. The zero-order valence-electron chi connectivity index (χ0n) is 17.5. The van der Waals surface area contributed by atoms with Crippen molar-refractivity contribution in [2.75, 3.05) is 13.2 Å². The average Bonchev–Trinajstić information content (AvgIpc) is 3.08.